The van der Waals surface area contributed by atoms with Gasteiger partial charge in [-0.2, -0.15) is 0 Å². The highest BCUT2D eigenvalue weighted by molar-refractivity contribution is 5.86. The molecule has 0 aliphatic carbocycles. The van der Waals surface area contributed by atoms with Gasteiger partial charge in [-0.05, 0) is 50.8 Å². The predicted molar refractivity (Wildman–Crippen MR) is 113 cm³/mol. The summed E-state index contributed by atoms with van der Waals surface area (Å²) in [6, 6.07) is 5.12. The molecule has 0 bridgehead atoms. The molecule has 2 atom stereocenters. The van der Waals surface area contributed by atoms with Gasteiger partial charge in [-0.15, -0.1) is 0 Å². The molecule has 1 aromatic carbocycles. The van der Waals surface area contributed by atoms with Crippen LogP contribution in [0.2, 0.25) is 0 Å². The molecule has 1 aliphatic rings. The SMILES string of the molecule is CC(C)C(NC(=O)OC(C)(C)C)C(=O)N1CC[C@@](O)(c2ccc(F)cc2)C(C)(C)C1. The zero-order chi connectivity index (χ0) is 22.9. The molecule has 6 nitrogen and oxygen atoms in total. The molecule has 0 aromatic heterocycles. The summed E-state index contributed by atoms with van der Waals surface area (Å²) in [4.78, 5) is 27.2. The first kappa shape index (κ1) is 24.1. The predicted octanol–water partition coefficient (Wildman–Crippen LogP) is 3.82. The second kappa shape index (κ2) is 8.53. The van der Waals surface area contributed by atoms with Crippen LogP contribution in [0.3, 0.4) is 0 Å². The fourth-order valence-corrected chi connectivity index (χ4v) is 3.92. The fraction of sp³-hybridized carbons (Fsp3) is 0.652. The summed E-state index contributed by atoms with van der Waals surface area (Å²) in [5.41, 5.74) is -1.89. The monoisotopic (exact) mass is 422 g/mol. The van der Waals surface area contributed by atoms with Crippen LogP contribution in [0.5, 0.6) is 0 Å². The van der Waals surface area contributed by atoms with Gasteiger partial charge >= 0.3 is 6.09 Å². The van der Waals surface area contributed by atoms with Crippen LogP contribution in [0.4, 0.5) is 9.18 Å². The third-order valence-corrected chi connectivity index (χ3v) is 5.69. The molecule has 2 rings (SSSR count). The number of nitrogens with one attached hydrogen (secondary N) is 1. The highest BCUT2D eigenvalue weighted by Gasteiger charge is 2.50. The van der Waals surface area contributed by atoms with Crippen LogP contribution in [0.1, 0.15) is 60.5 Å². The third kappa shape index (κ3) is 5.31. The smallest absolute Gasteiger partial charge is 0.408 e. The summed E-state index contributed by atoms with van der Waals surface area (Å²) in [6.45, 7) is 13.4. The molecule has 2 N–H and O–H groups in total. The van der Waals surface area contributed by atoms with Gasteiger partial charge in [0, 0.05) is 18.5 Å². The number of aliphatic hydroxyl groups is 1. The molecule has 1 heterocycles. The van der Waals surface area contributed by atoms with Crippen LogP contribution in [0, 0.1) is 17.2 Å². The van der Waals surface area contributed by atoms with Gasteiger partial charge in [-0.1, -0.05) is 39.8 Å². The van der Waals surface area contributed by atoms with Crippen molar-refractivity contribution in [1.29, 1.82) is 0 Å². The first-order valence-corrected chi connectivity index (χ1v) is 10.4. The Morgan fingerprint density at radius 1 is 1.20 bits per heavy atom. The van der Waals surface area contributed by atoms with Crippen LogP contribution in [0.25, 0.3) is 0 Å². The first-order valence-electron chi connectivity index (χ1n) is 10.4. The number of alkyl carbamates (subject to hydrolysis) is 1. The van der Waals surface area contributed by atoms with Gasteiger partial charge < -0.3 is 20.1 Å². The Morgan fingerprint density at radius 2 is 1.77 bits per heavy atom. The van der Waals surface area contributed by atoms with E-state index < -0.39 is 28.8 Å². The van der Waals surface area contributed by atoms with Crippen molar-refractivity contribution in [2.45, 2.75) is 72.1 Å². The van der Waals surface area contributed by atoms with Gasteiger partial charge in [-0.25, -0.2) is 9.18 Å². The maximum Gasteiger partial charge on any atom is 0.408 e. The minimum absolute atomic E-state index is 0.133. The number of piperidine rings is 1. The summed E-state index contributed by atoms with van der Waals surface area (Å²) in [6.07, 6.45) is -0.317. The molecule has 1 saturated heterocycles. The highest BCUT2D eigenvalue weighted by atomic mass is 19.1. The highest BCUT2D eigenvalue weighted by Crippen LogP contribution is 2.46. The van der Waals surface area contributed by atoms with Crippen molar-refractivity contribution in [2.75, 3.05) is 13.1 Å². The lowest BCUT2D eigenvalue weighted by molar-refractivity contribution is -0.155. The molecule has 1 unspecified atom stereocenters. The molecule has 1 aliphatic heterocycles. The average molecular weight is 423 g/mol. The Balaban J connectivity index is 2.17. The van der Waals surface area contributed by atoms with E-state index in [9.17, 15) is 19.1 Å². The van der Waals surface area contributed by atoms with E-state index in [2.05, 4.69) is 5.32 Å². The molecule has 168 valence electrons. The number of carbonyl (C=O) groups excluding carboxylic acids is 2. The second-order valence-corrected chi connectivity index (χ2v) is 10.1. The van der Waals surface area contributed by atoms with Crippen molar-refractivity contribution in [2.24, 2.45) is 11.3 Å². The van der Waals surface area contributed by atoms with Crippen molar-refractivity contribution in [3.05, 3.63) is 35.6 Å². The van der Waals surface area contributed by atoms with Gasteiger partial charge in [0.25, 0.3) is 0 Å². The number of rotatable bonds is 4. The number of halogens is 1. The number of hydrogen-bond donors (Lipinski definition) is 2. The lowest BCUT2D eigenvalue weighted by atomic mass is 9.66. The normalized spacial score (nSPS) is 22.5. The van der Waals surface area contributed by atoms with E-state index in [0.717, 1.165) is 0 Å². The summed E-state index contributed by atoms with van der Waals surface area (Å²) in [5, 5.41) is 14.1. The summed E-state index contributed by atoms with van der Waals surface area (Å²) in [7, 11) is 0. The number of ether oxygens (including phenoxy) is 1. The molecule has 0 saturated carbocycles. The number of amides is 2. The quantitative estimate of drug-likeness (QED) is 0.773. The van der Waals surface area contributed by atoms with Gasteiger partial charge in [0.05, 0.1) is 5.60 Å². The van der Waals surface area contributed by atoms with E-state index in [4.69, 9.17) is 4.74 Å². The van der Waals surface area contributed by atoms with Crippen molar-refractivity contribution >= 4 is 12.0 Å². The van der Waals surface area contributed by atoms with E-state index in [-0.39, 0.29) is 17.6 Å². The molecule has 1 aromatic rings. The number of carbonyl (C=O) groups is 2. The Labute approximate surface area is 178 Å². The molecule has 0 radical (unpaired) electrons. The van der Waals surface area contributed by atoms with Gasteiger partial charge in [0.1, 0.15) is 17.5 Å². The minimum Gasteiger partial charge on any atom is -0.444 e. The maximum atomic E-state index is 13.3. The van der Waals surface area contributed by atoms with Gasteiger partial charge in [0.2, 0.25) is 5.91 Å². The van der Waals surface area contributed by atoms with Crippen LogP contribution in [-0.4, -0.2) is 46.7 Å². The Kier molecular flexibility index (Phi) is 6.86. The van der Waals surface area contributed by atoms with Crippen LogP contribution in [0.15, 0.2) is 24.3 Å². The summed E-state index contributed by atoms with van der Waals surface area (Å²) < 4.78 is 18.6. The third-order valence-electron chi connectivity index (χ3n) is 5.69. The lowest BCUT2D eigenvalue weighted by Gasteiger charge is -2.51. The topological polar surface area (TPSA) is 78.9 Å². The van der Waals surface area contributed by atoms with Crippen LogP contribution in [-0.2, 0) is 15.1 Å². The van der Waals surface area contributed by atoms with E-state index in [1.807, 2.05) is 27.7 Å². The van der Waals surface area contributed by atoms with E-state index in [0.29, 0.717) is 25.1 Å². The van der Waals surface area contributed by atoms with E-state index >= 15 is 0 Å². The lowest BCUT2D eigenvalue weighted by Crippen LogP contribution is -2.60. The zero-order valence-electron chi connectivity index (χ0n) is 19.1. The molecular formula is C23H35FN2O4. The van der Waals surface area contributed by atoms with Crippen molar-refractivity contribution in [3.63, 3.8) is 0 Å². The Morgan fingerprint density at radius 3 is 2.23 bits per heavy atom. The van der Waals surface area contributed by atoms with E-state index in [1.54, 1.807) is 37.8 Å². The van der Waals surface area contributed by atoms with Crippen molar-refractivity contribution < 1.29 is 23.8 Å². The first-order chi connectivity index (χ1) is 13.7. The number of likely N-dealkylation sites (tertiary alicyclic amines) is 1. The standard InChI is InChI=1S/C23H35FN2O4/c1-15(2)18(25-20(28)30-21(3,4)5)19(27)26-13-12-23(29,22(6,7)14-26)16-8-10-17(24)11-9-16/h8-11,15,18,29H,12-14H2,1-7H3,(H,25,28)/t18?,23-/m1/s1. The van der Waals surface area contributed by atoms with Crippen LogP contribution < -0.4 is 5.32 Å². The number of nitrogens with zero attached hydrogens (tertiary/aromatic N) is 1. The van der Waals surface area contributed by atoms with Crippen LogP contribution >= 0.6 is 0 Å². The molecule has 2 amide bonds. The summed E-state index contributed by atoms with van der Waals surface area (Å²) >= 11 is 0. The average Bonchev–Trinajstić information content (AvgIpc) is 2.60. The molecule has 1 fully saturated rings. The maximum absolute atomic E-state index is 13.3. The Hall–Kier alpha value is -2.15. The zero-order valence-corrected chi connectivity index (χ0v) is 19.1. The van der Waals surface area contributed by atoms with Gasteiger partial charge in [-0.3, -0.25) is 4.79 Å². The summed E-state index contributed by atoms with van der Waals surface area (Å²) in [5.74, 6) is -0.697. The number of benzene rings is 1. The van der Waals surface area contributed by atoms with Gasteiger partial charge in [0.15, 0.2) is 0 Å². The molecule has 7 heteroatoms. The van der Waals surface area contributed by atoms with Crippen molar-refractivity contribution in [1.82, 2.24) is 10.2 Å². The van der Waals surface area contributed by atoms with Crippen molar-refractivity contribution in [3.8, 4) is 0 Å². The molecular weight excluding hydrogens is 387 g/mol. The number of hydrogen-bond acceptors (Lipinski definition) is 4. The Bertz CT molecular complexity index is 770. The molecule has 30 heavy (non-hydrogen) atoms. The second-order valence-electron chi connectivity index (χ2n) is 10.1. The van der Waals surface area contributed by atoms with E-state index in [1.165, 1.54) is 12.1 Å². The molecule has 0 spiro atoms. The fourth-order valence-electron chi connectivity index (χ4n) is 3.92. The minimum atomic E-state index is -1.19. The largest absolute Gasteiger partial charge is 0.444 e.